The van der Waals surface area contributed by atoms with E-state index in [1.165, 1.54) is 0 Å². The lowest BCUT2D eigenvalue weighted by Gasteiger charge is -2.42. The molecule has 0 radical (unpaired) electrons. The van der Waals surface area contributed by atoms with Crippen molar-refractivity contribution in [1.82, 2.24) is 5.32 Å². The number of hydrogen-bond donors (Lipinski definition) is 1. The zero-order valence-electron chi connectivity index (χ0n) is 9.34. The van der Waals surface area contributed by atoms with E-state index in [2.05, 4.69) is 12.2 Å². The summed E-state index contributed by atoms with van der Waals surface area (Å²) >= 11 is 0. The van der Waals surface area contributed by atoms with Crippen molar-refractivity contribution in [2.75, 3.05) is 18.8 Å². The van der Waals surface area contributed by atoms with Crippen molar-refractivity contribution in [2.45, 2.75) is 38.9 Å². The SMILES string of the molecule is CCC1(CCS(=O)(=O)C(C)C)CNC1. The predicted octanol–water partition coefficient (Wildman–Crippen LogP) is 1.20. The molecule has 0 spiro atoms. The Balaban J connectivity index is 2.47. The first-order valence-electron chi connectivity index (χ1n) is 5.34. The highest BCUT2D eigenvalue weighted by Gasteiger charge is 2.36. The summed E-state index contributed by atoms with van der Waals surface area (Å²) in [5.74, 6) is 0.347. The summed E-state index contributed by atoms with van der Waals surface area (Å²) in [4.78, 5) is 0. The van der Waals surface area contributed by atoms with Crippen LogP contribution in [0.1, 0.15) is 33.6 Å². The molecular formula is C10H21NO2S. The van der Waals surface area contributed by atoms with Crippen molar-refractivity contribution in [3.05, 3.63) is 0 Å². The molecule has 0 aromatic heterocycles. The highest BCUT2D eigenvalue weighted by Crippen LogP contribution is 2.31. The van der Waals surface area contributed by atoms with Crippen molar-refractivity contribution in [2.24, 2.45) is 5.41 Å². The summed E-state index contributed by atoms with van der Waals surface area (Å²) in [6, 6.07) is 0. The first-order chi connectivity index (χ1) is 6.42. The van der Waals surface area contributed by atoms with Gasteiger partial charge >= 0.3 is 0 Å². The Labute approximate surface area is 87.2 Å². The third-order valence-corrected chi connectivity index (χ3v) is 5.59. The molecule has 0 aromatic carbocycles. The molecular weight excluding hydrogens is 198 g/mol. The second-order valence-electron chi connectivity index (χ2n) is 4.62. The van der Waals surface area contributed by atoms with E-state index in [0.717, 1.165) is 25.9 Å². The van der Waals surface area contributed by atoms with E-state index in [1.54, 1.807) is 13.8 Å². The number of nitrogens with one attached hydrogen (secondary N) is 1. The zero-order chi connectivity index (χ0) is 10.8. The Morgan fingerprint density at radius 2 is 1.93 bits per heavy atom. The van der Waals surface area contributed by atoms with Gasteiger partial charge < -0.3 is 5.32 Å². The van der Waals surface area contributed by atoms with Crippen LogP contribution in [0.25, 0.3) is 0 Å². The van der Waals surface area contributed by atoms with Crippen LogP contribution in [0.2, 0.25) is 0 Å². The molecule has 1 saturated heterocycles. The van der Waals surface area contributed by atoms with E-state index in [4.69, 9.17) is 0 Å². The van der Waals surface area contributed by atoms with Gasteiger partial charge in [-0.15, -0.1) is 0 Å². The minimum Gasteiger partial charge on any atom is -0.316 e. The minimum atomic E-state index is -2.85. The van der Waals surface area contributed by atoms with Gasteiger partial charge in [-0.3, -0.25) is 0 Å². The standard InChI is InChI=1S/C10H21NO2S/c1-4-10(7-11-8-10)5-6-14(12,13)9(2)3/h9,11H,4-8H2,1-3H3. The molecule has 14 heavy (non-hydrogen) atoms. The molecule has 3 nitrogen and oxygen atoms in total. The third-order valence-electron chi connectivity index (χ3n) is 3.39. The van der Waals surface area contributed by atoms with E-state index in [-0.39, 0.29) is 10.7 Å². The fourth-order valence-corrected chi connectivity index (χ4v) is 2.87. The lowest BCUT2D eigenvalue weighted by Crippen LogP contribution is -2.53. The van der Waals surface area contributed by atoms with Gasteiger partial charge in [-0.1, -0.05) is 6.92 Å². The van der Waals surface area contributed by atoms with Crippen molar-refractivity contribution in [3.8, 4) is 0 Å². The quantitative estimate of drug-likeness (QED) is 0.756. The van der Waals surface area contributed by atoms with Gasteiger partial charge in [0, 0.05) is 13.1 Å². The van der Waals surface area contributed by atoms with Gasteiger partial charge in [-0.25, -0.2) is 8.42 Å². The molecule has 1 rings (SSSR count). The van der Waals surface area contributed by atoms with Crippen LogP contribution in [0.15, 0.2) is 0 Å². The topological polar surface area (TPSA) is 46.2 Å². The monoisotopic (exact) mass is 219 g/mol. The largest absolute Gasteiger partial charge is 0.316 e. The first kappa shape index (κ1) is 12.0. The van der Waals surface area contributed by atoms with Gasteiger partial charge in [0.2, 0.25) is 0 Å². The average molecular weight is 219 g/mol. The van der Waals surface area contributed by atoms with Crippen LogP contribution in [-0.2, 0) is 9.84 Å². The number of rotatable bonds is 5. The van der Waals surface area contributed by atoms with Gasteiger partial charge in [0.25, 0.3) is 0 Å². The normalized spacial score (nSPS) is 20.9. The molecule has 1 N–H and O–H groups in total. The van der Waals surface area contributed by atoms with Crippen molar-refractivity contribution in [1.29, 1.82) is 0 Å². The third kappa shape index (κ3) is 2.48. The molecule has 0 aromatic rings. The van der Waals surface area contributed by atoms with Crippen LogP contribution in [0, 0.1) is 5.41 Å². The van der Waals surface area contributed by atoms with Crippen LogP contribution in [0.4, 0.5) is 0 Å². The molecule has 1 heterocycles. The van der Waals surface area contributed by atoms with Crippen LogP contribution in [0.5, 0.6) is 0 Å². The lowest BCUT2D eigenvalue weighted by molar-refractivity contribution is 0.155. The van der Waals surface area contributed by atoms with E-state index >= 15 is 0 Å². The Morgan fingerprint density at radius 3 is 2.21 bits per heavy atom. The molecule has 0 unspecified atom stereocenters. The Kier molecular flexibility index (Phi) is 3.58. The van der Waals surface area contributed by atoms with Gasteiger partial charge in [0.1, 0.15) is 0 Å². The van der Waals surface area contributed by atoms with Crippen molar-refractivity contribution in [3.63, 3.8) is 0 Å². The predicted molar refractivity (Wildman–Crippen MR) is 59.1 cm³/mol. The van der Waals surface area contributed by atoms with Crippen molar-refractivity contribution >= 4 is 9.84 Å². The molecule has 4 heteroatoms. The van der Waals surface area contributed by atoms with E-state index < -0.39 is 9.84 Å². The van der Waals surface area contributed by atoms with E-state index in [1.807, 2.05) is 0 Å². The van der Waals surface area contributed by atoms with Crippen LogP contribution in [0.3, 0.4) is 0 Å². The molecule has 1 aliphatic heterocycles. The highest BCUT2D eigenvalue weighted by molar-refractivity contribution is 7.91. The molecule has 1 aliphatic rings. The molecule has 0 atom stereocenters. The molecule has 84 valence electrons. The number of hydrogen-bond acceptors (Lipinski definition) is 3. The Hall–Kier alpha value is -0.0900. The smallest absolute Gasteiger partial charge is 0.152 e. The summed E-state index contributed by atoms with van der Waals surface area (Å²) < 4.78 is 23.2. The van der Waals surface area contributed by atoms with Crippen LogP contribution < -0.4 is 5.32 Å². The maximum atomic E-state index is 11.6. The van der Waals surface area contributed by atoms with Gasteiger partial charge in [-0.05, 0) is 32.1 Å². The maximum absolute atomic E-state index is 11.6. The summed E-state index contributed by atoms with van der Waals surface area (Å²) in [5, 5.41) is 2.99. The molecule has 0 amide bonds. The maximum Gasteiger partial charge on any atom is 0.152 e. The average Bonchev–Trinajstić information content (AvgIpc) is 2.02. The molecule has 0 aliphatic carbocycles. The number of sulfone groups is 1. The summed E-state index contributed by atoms with van der Waals surface area (Å²) in [7, 11) is -2.85. The fraction of sp³-hybridized carbons (Fsp3) is 1.00. The first-order valence-corrected chi connectivity index (χ1v) is 7.06. The fourth-order valence-electron chi connectivity index (χ4n) is 1.68. The summed E-state index contributed by atoms with van der Waals surface area (Å²) in [6.07, 6.45) is 1.89. The minimum absolute atomic E-state index is 0.232. The van der Waals surface area contributed by atoms with Gasteiger partial charge in [0.05, 0.1) is 11.0 Å². The molecule has 0 saturated carbocycles. The lowest BCUT2D eigenvalue weighted by atomic mass is 9.77. The Morgan fingerprint density at radius 1 is 1.36 bits per heavy atom. The van der Waals surface area contributed by atoms with Crippen LogP contribution in [-0.4, -0.2) is 32.5 Å². The van der Waals surface area contributed by atoms with E-state index in [0.29, 0.717) is 5.75 Å². The zero-order valence-corrected chi connectivity index (χ0v) is 10.2. The van der Waals surface area contributed by atoms with Gasteiger partial charge in [-0.2, -0.15) is 0 Å². The van der Waals surface area contributed by atoms with Crippen LogP contribution >= 0.6 is 0 Å². The molecule has 1 fully saturated rings. The van der Waals surface area contributed by atoms with Gasteiger partial charge in [0.15, 0.2) is 9.84 Å². The summed E-state index contributed by atoms with van der Waals surface area (Å²) in [6.45, 7) is 7.62. The Bertz CT molecular complexity index is 273. The van der Waals surface area contributed by atoms with Crippen molar-refractivity contribution < 1.29 is 8.42 Å². The molecule has 0 bridgehead atoms. The summed E-state index contributed by atoms with van der Waals surface area (Å²) in [5.41, 5.74) is 0.266. The second kappa shape index (κ2) is 4.19. The second-order valence-corrected chi connectivity index (χ2v) is 7.30. The van der Waals surface area contributed by atoms with E-state index in [9.17, 15) is 8.42 Å². The highest BCUT2D eigenvalue weighted by atomic mass is 32.2.